The Morgan fingerprint density at radius 3 is 2.70 bits per heavy atom. The van der Waals surface area contributed by atoms with Crippen molar-refractivity contribution in [3.8, 4) is 5.88 Å². The van der Waals surface area contributed by atoms with E-state index < -0.39 is 11.7 Å². The quantitative estimate of drug-likeness (QED) is 0.794. The maximum absolute atomic E-state index is 12.5. The molecule has 1 aliphatic heterocycles. The van der Waals surface area contributed by atoms with Crippen LogP contribution >= 0.6 is 11.6 Å². The second-order valence-electron chi connectivity index (χ2n) is 5.19. The topological polar surface area (TPSA) is 38.2 Å². The highest BCUT2D eigenvalue weighted by Crippen LogP contribution is 2.30. The van der Waals surface area contributed by atoms with Gasteiger partial charge in [0.1, 0.15) is 11.3 Å². The average molecular weight is 344 g/mol. The zero-order chi connectivity index (χ0) is 16.4. The highest BCUT2D eigenvalue weighted by molar-refractivity contribution is 6.29. The number of alkyl halides is 3. The zero-order valence-electron chi connectivity index (χ0n) is 11.9. The van der Waals surface area contributed by atoms with Gasteiger partial charge in [-0.05, 0) is 18.2 Å². The first kappa shape index (κ1) is 15.9. The molecule has 0 amide bonds. The lowest BCUT2D eigenvalue weighted by Gasteiger charge is -2.18. The Labute approximate surface area is 135 Å². The average Bonchev–Trinajstić information content (AvgIpc) is 2.95. The van der Waals surface area contributed by atoms with Crippen molar-refractivity contribution in [3.05, 3.63) is 47.4 Å². The van der Waals surface area contributed by atoms with Crippen LogP contribution in [0.15, 0.2) is 36.7 Å². The molecule has 122 valence electrons. The Morgan fingerprint density at radius 1 is 1.22 bits per heavy atom. The van der Waals surface area contributed by atoms with Crippen LogP contribution in [-0.4, -0.2) is 29.2 Å². The highest BCUT2D eigenvalue weighted by Gasteiger charge is 2.31. The van der Waals surface area contributed by atoms with Gasteiger partial charge in [0.2, 0.25) is 5.88 Å². The molecule has 8 heteroatoms. The number of aromatic nitrogens is 2. The standard InChI is InChI=1S/C15H13ClF3N3O/c16-13-7-11(3-5-20-13)22-6-4-12(9-22)23-14-2-1-10(8-21-14)15(17,18)19/h1-3,5,7-8,12H,4,6,9H2. The van der Waals surface area contributed by atoms with Gasteiger partial charge in [0.05, 0.1) is 12.1 Å². The summed E-state index contributed by atoms with van der Waals surface area (Å²) in [5.41, 5.74) is 0.154. The molecule has 1 saturated heterocycles. The molecular weight excluding hydrogens is 331 g/mol. The molecule has 23 heavy (non-hydrogen) atoms. The lowest BCUT2D eigenvalue weighted by Crippen LogP contribution is -2.24. The molecule has 0 spiro atoms. The number of nitrogens with zero attached hydrogens (tertiary/aromatic N) is 3. The molecule has 0 saturated carbocycles. The fraction of sp³-hybridized carbons (Fsp3) is 0.333. The molecule has 3 heterocycles. The molecule has 1 unspecified atom stereocenters. The minimum absolute atomic E-state index is 0.133. The van der Waals surface area contributed by atoms with Crippen LogP contribution in [0.4, 0.5) is 18.9 Å². The monoisotopic (exact) mass is 343 g/mol. The van der Waals surface area contributed by atoms with Crippen molar-refractivity contribution in [1.29, 1.82) is 0 Å². The summed E-state index contributed by atoms with van der Waals surface area (Å²) in [6, 6.07) is 5.83. The summed E-state index contributed by atoms with van der Waals surface area (Å²) in [5, 5.41) is 0.413. The summed E-state index contributed by atoms with van der Waals surface area (Å²) in [4.78, 5) is 9.75. The molecule has 1 aliphatic rings. The van der Waals surface area contributed by atoms with Crippen LogP contribution < -0.4 is 9.64 Å². The van der Waals surface area contributed by atoms with Crippen molar-refractivity contribution in [2.45, 2.75) is 18.7 Å². The first-order chi connectivity index (χ1) is 10.9. The molecule has 0 N–H and O–H groups in total. The second kappa shape index (κ2) is 6.23. The van der Waals surface area contributed by atoms with Gasteiger partial charge < -0.3 is 9.64 Å². The molecule has 0 aromatic carbocycles. The molecular formula is C15H13ClF3N3O. The third-order valence-corrected chi connectivity index (χ3v) is 3.78. The smallest absolute Gasteiger partial charge is 0.417 e. The lowest BCUT2D eigenvalue weighted by molar-refractivity contribution is -0.137. The highest BCUT2D eigenvalue weighted by atomic mass is 35.5. The van der Waals surface area contributed by atoms with Crippen LogP contribution in [0.3, 0.4) is 0 Å². The van der Waals surface area contributed by atoms with Crippen molar-refractivity contribution >= 4 is 17.3 Å². The zero-order valence-corrected chi connectivity index (χ0v) is 12.7. The summed E-state index contributed by atoms with van der Waals surface area (Å²) in [6.45, 7) is 1.38. The molecule has 3 rings (SSSR count). The van der Waals surface area contributed by atoms with Crippen molar-refractivity contribution in [2.75, 3.05) is 18.0 Å². The lowest BCUT2D eigenvalue weighted by atomic mass is 10.3. The van der Waals surface area contributed by atoms with Crippen LogP contribution in [0.1, 0.15) is 12.0 Å². The van der Waals surface area contributed by atoms with Crippen LogP contribution in [0, 0.1) is 0 Å². The number of hydrogen-bond acceptors (Lipinski definition) is 4. The van der Waals surface area contributed by atoms with Gasteiger partial charge in [0, 0.05) is 37.1 Å². The van der Waals surface area contributed by atoms with E-state index in [4.69, 9.17) is 16.3 Å². The van der Waals surface area contributed by atoms with E-state index in [1.807, 2.05) is 6.07 Å². The largest absolute Gasteiger partial charge is 0.472 e. The Kier molecular flexibility index (Phi) is 4.30. The number of halogens is 4. The Morgan fingerprint density at radius 2 is 2.04 bits per heavy atom. The van der Waals surface area contributed by atoms with Crippen LogP contribution in [-0.2, 0) is 6.18 Å². The Hall–Kier alpha value is -2.02. The Bertz CT molecular complexity index is 678. The van der Waals surface area contributed by atoms with Crippen molar-refractivity contribution < 1.29 is 17.9 Å². The molecule has 2 aromatic rings. The van der Waals surface area contributed by atoms with E-state index in [2.05, 4.69) is 14.9 Å². The molecule has 1 fully saturated rings. The van der Waals surface area contributed by atoms with E-state index in [1.165, 1.54) is 6.07 Å². The van der Waals surface area contributed by atoms with Gasteiger partial charge in [-0.3, -0.25) is 0 Å². The predicted molar refractivity (Wildman–Crippen MR) is 79.7 cm³/mol. The van der Waals surface area contributed by atoms with E-state index in [9.17, 15) is 13.2 Å². The van der Waals surface area contributed by atoms with Gasteiger partial charge in [0.25, 0.3) is 0 Å². The first-order valence-electron chi connectivity index (χ1n) is 6.98. The van der Waals surface area contributed by atoms with Gasteiger partial charge in [-0.1, -0.05) is 11.6 Å². The maximum atomic E-state index is 12.5. The van der Waals surface area contributed by atoms with Gasteiger partial charge in [-0.25, -0.2) is 9.97 Å². The van der Waals surface area contributed by atoms with Crippen molar-refractivity contribution in [3.63, 3.8) is 0 Å². The molecule has 0 aliphatic carbocycles. The van der Waals surface area contributed by atoms with E-state index in [0.717, 1.165) is 30.9 Å². The summed E-state index contributed by atoms with van der Waals surface area (Å²) < 4.78 is 43.1. The third-order valence-electron chi connectivity index (χ3n) is 3.57. The number of pyridine rings is 2. The van der Waals surface area contributed by atoms with E-state index in [-0.39, 0.29) is 12.0 Å². The van der Waals surface area contributed by atoms with Gasteiger partial charge in [0.15, 0.2) is 0 Å². The summed E-state index contributed by atoms with van der Waals surface area (Å²) >= 11 is 5.87. The van der Waals surface area contributed by atoms with Crippen LogP contribution in [0.2, 0.25) is 5.15 Å². The minimum atomic E-state index is -4.39. The molecule has 0 radical (unpaired) electrons. The van der Waals surface area contributed by atoms with E-state index >= 15 is 0 Å². The minimum Gasteiger partial charge on any atom is -0.472 e. The second-order valence-corrected chi connectivity index (χ2v) is 5.58. The van der Waals surface area contributed by atoms with Gasteiger partial charge in [-0.2, -0.15) is 13.2 Å². The third kappa shape index (κ3) is 3.85. The molecule has 4 nitrogen and oxygen atoms in total. The fourth-order valence-electron chi connectivity index (χ4n) is 2.44. The van der Waals surface area contributed by atoms with Crippen LogP contribution in [0.25, 0.3) is 0 Å². The van der Waals surface area contributed by atoms with E-state index in [0.29, 0.717) is 11.7 Å². The number of rotatable bonds is 3. The van der Waals surface area contributed by atoms with Crippen molar-refractivity contribution in [2.24, 2.45) is 0 Å². The summed E-state index contributed by atoms with van der Waals surface area (Å²) in [6.07, 6.45) is -1.36. The normalized spacial score (nSPS) is 18.3. The van der Waals surface area contributed by atoms with Crippen molar-refractivity contribution in [1.82, 2.24) is 9.97 Å². The Balaban J connectivity index is 1.62. The maximum Gasteiger partial charge on any atom is 0.417 e. The molecule has 2 aromatic heterocycles. The fourth-order valence-corrected chi connectivity index (χ4v) is 2.60. The SMILES string of the molecule is FC(F)(F)c1ccc(OC2CCN(c3ccnc(Cl)c3)C2)nc1. The number of ether oxygens (including phenoxy) is 1. The number of anilines is 1. The van der Waals surface area contributed by atoms with E-state index in [1.54, 1.807) is 12.3 Å². The molecule has 0 bridgehead atoms. The van der Waals surface area contributed by atoms with Crippen LogP contribution in [0.5, 0.6) is 5.88 Å². The number of hydrogen-bond donors (Lipinski definition) is 0. The van der Waals surface area contributed by atoms with Gasteiger partial charge >= 0.3 is 6.18 Å². The molecule has 1 atom stereocenters. The predicted octanol–water partition coefficient (Wildman–Crippen LogP) is 3.81. The first-order valence-corrected chi connectivity index (χ1v) is 7.36. The summed E-state index contributed by atoms with van der Waals surface area (Å²) in [7, 11) is 0. The van der Waals surface area contributed by atoms with Gasteiger partial charge in [-0.15, -0.1) is 0 Å². The summed E-state index contributed by atoms with van der Waals surface area (Å²) in [5.74, 6) is 0.192.